The van der Waals surface area contributed by atoms with E-state index in [1.807, 2.05) is 12.1 Å². The SMILES string of the molecule is COC(=O)c1cccc(Nc2cc(N3CCCc4ccccc43)ncn2)c1. The second kappa shape index (κ2) is 7.45. The number of esters is 1. The normalized spacial score (nSPS) is 13.0. The second-order valence-corrected chi connectivity index (χ2v) is 6.34. The molecular formula is C21H20N4O2. The smallest absolute Gasteiger partial charge is 0.337 e. The van der Waals surface area contributed by atoms with Gasteiger partial charge in [0.25, 0.3) is 0 Å². The van der Waals surface area contributed by atoms with Crippen LogP contribution in [-0.2, 0) is 11.2 Å². The highest BCUT2D eigenvalue weighted by Gasteiger charge is 2.19. The van der Waals surface area contributed by atoms with Gasteiger partial charge < -0.3 is 15.0 Å². The number of methoxy groups -OCH3 is 1. The number of carbonyl (C=O) groups excluding carboxylic acids is 1. The molecule has 0 unspecified atom stereocenters. The fraction of sp³-hybridized carbons (Fsp3) is 0.190. The number of hydrogen-bond donors (Lipinski definition) is 1. The quantitative estimate of drug-likeness (QED) is 0.707. The van der Waals surface area contributed by atoms with Crippen molar-refractivity contribution in [3.05, 3.63) is 72.1 Å². The zero-order valence-corrected chi connectivity index (χ0v) is 15.1. The summed E-state index contributed by atoms with van der Waals surface area (Å²) in [6, 6.07) is 17.5. The minimum absolute atomic E-state index is 0.369. The Balaban J connectivity index is 1.60. The fourth-order valence-corrected chi connectivity index (χ4v) is 3.32. The number of rotatable bonds is 4. The molecule has 1 aliphatic heterocycles. The van der Waals surface area contributed by atoms with Gasteiger partial charge in [0.2, 0.25) is 0 Å². The number of benzene rings is 2. The summed E-state index contributed by atoms with van der Waals surface area (Å²) in [5.41, 5.74) is 3.78. The topological polar surface area (TPSA) is 67.3 Å². The van der Waals surface area contributed by atoms with Gasteiger partial charge in [-0.15, -0.1) is 0 Å². The first kappa shape index (κ1) is 17.0. The molecular weight excluding hydrogens is 340 g/mol. The number of aryl methyl sites for hydroxylation is 1. The molecule has 0 saturated carbocycles. The van der Waals surface area contributed by atoms with Crippen molar-refractivity contribution in [2.75, 3.05) is 23.9 Å². The molecule has 1 aliphatic rings. The molecule has 0 radical (unpaired) electrons. The lowest BCUT2D eigenvalue weighted by Gasteiger charge is -2.30. The molecule has 1 aromatic heterocycles. The van der Waals surface area contributed by atoms with Gasteiger partial charge in [-0.05, 0) is 42.7 Å². The fourth-order valence-electron chi connectivity index (χ4n) is 3.32. The molecule has 0 aliphatic carbocycles. The van der Waals surface area contributed by atoms with Gasteiger partial charge in [-0.25, -0.2) is 14.8 Å². The Morgan fingerprint density at radius 3 is 2.89 bits per heavy atom. The van der Waals surface area contributed by atoms with E-state index in [2.05, 4.69) is 44.5 Å². The Hall–Kier alpha value is -3.41. The van der Waals surface area contributed by atoms with Crippen molar-refractivity contribution in [3.63, 3.8) is 0 Å². The minimum Gasteiger partial charge on any atom is -0.465 e. The summed E-state index contributed by atoms with van der Waals surface area (Å²) >= 11 is 0. The molecule has 2 heterocycles. The molecule has 2 aromatic carbocycles. The van der Waals surface area contributed by atoms with Crippen LogP contribution in [0.1, 0.15) is 22.3 Å². The molecule has 0 atom stereocenters. The number of fused-ring (bicyclic) bond motifs is 1. The standard InChI is InChI=1S/C21H20N4O2/c1-27-21(26)16-7-4-9-17(12-16)24-19-13-20(23-14-22-19)25-11-5-8-15-6-2-3-10-18(15)25/h2-4,6-7,9-10,12-14H,5,8,11H2,1H3,(H,22,23,24). The summed E-state index contributed by atoms with van der Waals surface area (Å²) < 4.78 is 4.77. The largest absolute Gasteiger partial charge is 0.465 e. The third-order valence-electron chi connectivity index (χ3n) is 4.60. The van der Waals surface area contributed by atoms with Crippen LogP contribution in [0.2, 0.25) is 0 Å². The first-order valence-corrected chi connectivity index (χ1v) is 8.87. The summed E-state index contributed by atoms with van der Waals surface area (Å²) in [6.45, 7) is 0.922. The Kier molecular flexibility index (Phi) is 4.70. The van der Waals surface area contributed by atoms with Crippen molar-refractivity contribution >= 4 is 29.0 Å². The Morgan fingerprint density at radius 2 is 2.00 bits per heavy atom. The first-order valence-electron chi connectivity index (χ1n) is 8.87. The van der Waals surface area contributed by atoms with Gasteiger partial charge in [0.1, 0.15) is 18.0 Å². The average molecular weight is 360 g/mol. The Bertz CT molecular complexity index is 974. The van der Waals surface area contributed by atoms with E-state index in [0.29, 0.717) is 11.4 Å². The van der Waals surface area contributed by atoms with Crippen molar-refractivity contribution in [2.45, 2.75) is 12.8 Å². The summed E-state index contributed by atoms with van der Waals surface area (Å²) in [5.74, 6) is 1.15. The molecule has 0 saturated heterocycles. The second-order valence-electron chi connectivity index (χ2n) is 6.34. The predicted octanol–water partition coefficient (Wildman–Crippen LogP) is 4.09. The van der Waals surface area contributed by atoms with E-state index in [1.165, 1.54) is 18.4 Å². The van der Waals surface area contributed by atoms with Crippen molar-refractivity contribution in [2.24, 2.45) is 0 Å². The van der Waals surface area contributed by atoms with Crippen molar-refractivity contribution in [3.8, 4) is 0 Å². The summed E-state index contributed by atoms with van der Waals surface area (Å²) in [6.07, 6.45) is 3.73. The number of aromatic nitrogens is 2. The lowest BCUT2D eigenvalue weighted by molar-refractivity contribution is 0.0601. The van der Waals surface area contributed by atoms with Crippen molar-refractivity contribution in [1.29, 1.82) is 0 Å². The van der Waals surface area contributed by atoms with Crippen LogP contribution in [0.25, 0.3) is 0 Å². The third kappa shape index (κ3) is 3.60. The van der Waals surface area contributed by atoms with Crippen LogP contribution in [-0.4, -0.2) is 29.6 Å². The maximum atomic E-state index is 11.7. The van der Waals surface area contributed by atoms with Crippen molar-refractivity contribution in [1.82, 2.24) is 9.97 Å². The molecule has 136 valence electrons. The molecule has 6 nitrogen and oxygen atoms in total. The van der Waals surface area contributed by atoms with E-state index < -0.39 is 0 Å². The zero-order chi connectivity index (χ0) is 18.6. The van der Waals surface area contributed by atoms with Gasteiger partial charge in [0.15, 0.2) is 0 Å². The molecule has 0 bridgehead atoms. The number of nitrogens with one attached hydrogen (secondary N) is 1. The third-order valence-corrected chi connectivity index (χ3v) is 4.60. The van der Waals surface area contributed by atoms with Gasteiger partial charge in [-0.3, -0.25) is 0 Å². The van der Waals surface area contributed by atoms with Gasteiger partial charge in [0.05, 0.1) is 12.7 Å². The van der Waals surface area contributed by atoms with Crippen LogP contribution in [0, 0.1) is 0 Å². The van der Waals surface area contributed by atoms with Crippen LogP contribution >= 0.6 is 0 Å². The Labute approximate surface area is 157 Å². The lowest BCUT2D eigenvalue weighted by atomic mass is 10.0. The van der Waals surface area contributed by atoms with Gasteiger partial charge in [0, 0.05) is 24.0 Å². The number of carbonyl (C=O) groups is 1. The van der Waals surface area contributed by atoms with E-state index in [-0.39, 0.29) is 5.97 Å². The number of anilines is 4. The molecule has 0 fully saturated rings. The molecule has 0 amide bonds. The molecule has 0 spiro atoms. The summed E-state index contributed by atoms with van der Waals surface area (Å²) in [7, 11) is 1.37. The van der Waals surface area contributed by atoms with Crippen LogP contribution in [0.15, 0.2) is 60.9 Å². The Morgan fingerprint density at radius 1 is 1.11 bits per heavy atom. The first-order chi connectivity index (χ1) is 13.2. The monoisotopic (exact) mass is 360 g/mol. The molecule has 4 rings (SSSR count). The van der Waals surface area contributed by atoms with Gasteiger partial charge in [-0.2, -0.15) is 0 Å². The number of hydrogen-bond acceptors (Lipinski definition) is 6. The molecule has 6 heteroatoms. The van der Waals surface area contributed by atoms with E-state index in [0.717, 1.165) is 30.9 Å². The number of para-hydroxylation sites is 1. The van der Waals surface area contributed by atoms with E-state index in [4.69, 9.17) is 4.74 Å². The van der Waals surface area contributed by atoms with Crippen LogP contribution in [0.3, 0.4) is 0 Å². The number of nitrogens with zero attached hydrogens (tertiary/aromatic N) is 3. The number of ether oxygens (including phenoxy) is 1. The van der Waals surface area contributed by atoms with E-state index in [9.17, 15) is 4.79 Å². The highest BCUT2D eigenvalue weighted by atomic mass is 16.5. The van der Waals surface area contributed by atoms with Gasteiger partial charge >= 0.3 is 5.97 Å². The highest BCUT2D eigenvalue weighted by Crippen LogP contribution is 2.32. The van der Waals surface area contributed by atoms with Crippen LogP contribution in [0.5, 0.6) is 0 Å². The minimum atomic E-state index is -0.369. The van der Waals surface area contributed by atoms with Crippen LogP contribution in [0.4, 0.5) is 23.0 Å². The van der Waals surface area contributed by atoms with Gasteiger partial charge in [-0.1, -0.05) is 24.3 Å². The summed E-state index contributed by atoms with van der Waals surface area (Å²) in [5, 5.41) is 3.24. The average Bonchev–Trinajstić information content (AvgIpc) is 2.73. The maximum Gasteiger partial charge on any atom is 0.337 e. The predicted molar refractivity (Wildman–Crippen MR) is 105 cm³/mol. The summed E-state index contributed by atoms with van der Waals surface area (Å²) in [4.78, 5) is 22.7. The maximum absolute atomic E-state index is 11.7. The van der Waals surface area contributed by atoms with E-state index >= 15 is 0 Å². The van der Waals surface area contributed by atoms with Crippen molar-refractivity contribution < 1.29 is 9.53 Å². The zero-order valence-electron chi connectivity index (χ0n) is 15.1. The van der Waals surface area contributed by atoms with E-state index in [1.54, 1.807) is 24.5 Å². The molecule has 1 N–H and O–H groups in total. The highest BCUT2D eigenvalue weighted by molar-refractivity contribution is 5.90. The van der Waals surface area contributed by atoms with Crippen LogP contribution < -0.4 is 10.2 Å². The lowest BCUT2D eigenvalue weighted by Crippen LogP contribution is -2.25. The molecule has 3 aromatic rings. The molecule has 27 heavy (non-hydrogen) atoms.